The van der Waals surface area contributed by atoms with Crippen LogP contribution >= 0.6 is 34.5 Å². The molecule has 2 aliphatic rings. The Hall–Kier alpha value is -1.67. The van der Waals surface area contributed by atoms with Gasteiger partial charge in [0.15, 0.2) is 0 Å². The number of amides is 1. The molecule has 1 saturated heterocycles. The maximum absolute atomic E-state index is 13.0. The quantitative estimate of drug-likeness (QED) is 0.814. The van der Waals surface area contributed by atoms with Crippen molar-refractivity contribution >= 4 is 52.1 Å². The lowest BCUT2D eigenvalue weighted by atomic mass is 9.81. The fraction of sp³-hybridized carbons (Fsp3) is 0.389. The van der Waals surface area contributed by atoms with Gasteiger partial charge in [-0.15, -0.1) is 11.3 Å². The third-order valence-electron chi connectivity index (χ3n) is 5.20. The molecule has 4 rings (SSSR count). The summed E-state index contributed by atoms with van der Waals surface area (Å²) in [6, 6.07) is 5.57. The van der Waals surface area contributed by atoms with Crippen LogP contribution in [0.2, 0.25) is 9.36 Å². The Labute approximate surface area is 170 Å². The van der Waals surface area contributed by atoms with Crippen LogP contribution in [0, 0.1) is 0 Å². The number of anilines is 1. The molecule has 0 bridgehead atoms. The van der Waals surface area contributed by atoms with Gasteiger partial charge in [0.05, 0.1) is 19.2 Å². The van der Waals surface area contributed by atoms with Crippen LogP contribution in [-0.4, -0.2) is 53.0 Å². The number of fused-ring (bicyclic) bond motifs is 2. The Kier molecular flexibility index (Phi) is 4.88. The molecule has 0 aliphatic carbocycles. The number of carbonyl (C=O) groups excluding carboxylic acids is 1. The number of likely N-dealkylation sites (tertiary alicyclic amines) is 1. The van der Waals surface area contributed by atoms with Gasteiger partial charge in [-0.1, -0.05) is 23.2 Å². The number of aliphatic carboxylic acids is 1. The molecule has 27 heavy (non-hydrogen) atoms. The summed E-state index contributed by atoms with van der Waals surface area (Å²) in [6.45, 7) is 1.81. The fourth-order valence-corrected chi connectivity index (χ4v) is 5.21. The number of carbonyl (C=O) groups is 2. The first-order valence-electron chi connectivity index (χ1n) is 8.51. The maximum Gasteiger partial charge on any atom is 0.317 e. The van der Waals surface area contributed by atoms with E-state index >= 15 is 0 Å². The zero-order valence-corrected chi connectivity index (χ0v) is 16.6. The van der Waals surface area contributed by atoms with Crippen molar-refractivity contribution < 1.29 is 14.7 Å². The highest BCUT2D eigenvalue weighted by molar-refractivity contribution is 7.15. The van der Waals surface area contributed by atoms with Crippen LogP contribution in [0.4, 0.5) is 5.69 Å². The number of carboxylic acid groups (broad SMARTS) is 1. The molecule has 1 amide bonds. The van der Waals surface area contributed by atoms with Gasteiger partial charge >= 0.3 is 5.97 Å². The molecule has 1 fully saturated rings. The lowest BCUT2D eigenvalue weighted by Crippen LogP contribution is -2.40. The number of thiazole rings is 1. The van der Waals surface area contributed by atoms with E-state index in [0.717, 1.165) is 17.7 Å². The minimum absolute atomic E-state index is 0.00318. The minimum atomic E-state index is -0.843. The van der Waals surface area contributed by atoms with Gasteiger partial charge in [-0.25, -0.2) is 4.98 Å². The Morgan fingerprint density at radius 3 is 2.81 bits per heavy atom. The summed E-state index contributed by atoms with van der Waals surface area (Å²) < 4.78 is 0.558. The number of aromatic nitrogens is 1. The summed E-state index contributed by atoms with van der Waals surface area (Å²) in [5.74, 6) is -0.886. The molecular weight excluding hydrogens is 409 g/mol. The van der Waals surface area contributed by atoms with Crippen LogP contribution in [0.3, 0.4) is 0 Å². The number of carboxylic acids is 1. The molecule has 2 aromatic rings. The fourth-order valence-electron chi connectivity index (χ4n) is 4.09. The first-order valence-corrected chi connectivity index (χ1v) is 10.1. The zero-order chi connectivity index (χ0) is 19.2. The maximum atomic E-state index is 13.0. The molecule has 142 valence electrons. The minimum Gasteiger partial charge on any atom is -0.480 e. The van der Waals surface area contributed by atoms with E-state index in [1.807, 2.05) is 17.0 Å². The van der Waals surface area contributed by atoms with E-state index in [0.29, 0.717) is 34.0 Å². The molecule has 1 aromatic carbocycles. The van der Waals surface area contributed by atoms with E-state index in [1.165, 1.54) is 11.3 Å². The molecule has 2 aliphatic heterocycles. The highest BCUT2D eigenvalue weighted by Gasteiger charge is 2.49. The molecule has 3 heterocycles. The van der Waals surface area contributed by atoms with E-state index in [-0.39, 0.29) is 24.3 Å². The third kappa shape index (κ3) is 3.57. The molecule has 0 radical (unpaired) electrons. The zero-order valence-electron chi connectivity index (χ0n) is 14.3. The number of halogens is 2. The van der Waals surface area contributed by atoms with Gasteiger partial charge in [0.2, 0.25) is 5.91 Å². The van der Waals surface area contributed by atoms with Crippen LogP contribution in [0.1, 0.15) is 17.0 Å². The van der Waals surface area contributed by atoms with Crippen LogP contribution < -0.4 is 4.90 Å². The second-order valence-electron chi connectivity index (χ2n) is 7.01. The van der Waals surface area contributed by atoms with E-state index < -0.39 is 5.97 Å². The van der Waals surface area contributed by atoms with Crippen molar-refractivity contribution in [3.63, 3.8) is 0 Å². The predicted octanol–water partition coefficient (Wildman–Crippen LogP) is 3.07. The molecule has 1 N–H and O–H groups in total. The van der Waals surface area contributed by atoms with E-state index in [4.69, 9.17) is 28.3 Å². The Bertz CT molecular complexity index is 919. The van der Waals surface area contributed by atoms with E-state index in [2.05, 4.69) is 4.98 Å². The average molecular weight is 426 g/mol. The summed E-state index contributed by atoms with van der Waals surface area (Å²) in [7, 11) is 0. The van der Waals surface area contributed by atoms with Crippen LogP contribution in [-0.2, 0) is 21.4 Å². The van der Waals surface area contributed by atoms with E-state index in [9.17, 15) is 9.59 Å². The molecule has 0 saturated carbocycles. The molecule has 1 aromatic heterocycles. The Morgan fingerprint density at radius 1 is 1.30 bits per heavy atom. The number of rotatable bonds is 4. The number of hydrogen-bond donors (Lipinski definition) is 1. The van der Waals surface area contributed by atoms with Gasteiger partial charge in [-0.05, 0) is 36.7 Å². The van der Waals surface area contributed by atoms with Crippen molar-refractivity contribution in [3.8, 4) is 0 Å². The largest absolute Gasteiger partial charge is 0.480 e. The number of hydrogen-bond acceptors (Lipinski definition) is 5. The Morgan fingerprint density at radius 2 is 2.11 bits per heavy atom. The van der Waals surface area contributed by atoms with Crippen molar-refractivity contribution in [3.05, 3.63) is 44.3 Å². The normalized spacial score (nSPS) is 21.8. The molecule has 9 heteroatoms. The van der Waals surface area contributed by atoms with Gasteiger partial charge in [0.1, 0.15) is 9.34 Å². The van der Waals surface area contributed by atoms with Gasteiger partial charge in [0, 0.05) is 29.2 Å². The standard InChI is InChI=1S/C18H17Cl2N3O3S/c19-11-1-2-13-12(5-11)18(3-4-22(9-18)8-17(25)26)10-23(13)16(24)6-15-21-7-14(20)27-15/h1-2,5,7H,3-4,6,8-10H2,(H,25,26). The monoisotopic (exact) mass is 425 g/mol. The summed E-state index contributed by atoms with van der Waals surface area (Å²) in [5.41, 5.74) is 1.59. The number of nitrogens with zero attached hydrogens (tertiary/aromatic N) is 3. The van der Waals surface area contributed by atoms with E-state index in [1.54, 1.807) is 17.2 Å². The molecule has 6 nitrogen and oxygen atoms in total. The van der Waals surface area contributed by atoms with Crippen molar-refractivity contribution in [1.82, 2.24) is 9.88 Å². The van der Waals surface area contributed by atoms with Crippen molar-refractivity contribution in [2.75, 3.05) is 31.1 Å². The van der Waals surface area contributed by atoms with Gasteiger partial charge < -0.3 is 10.0 Å². The highest BCUT2D eigenvalue weighted by atomic mass is 35.5. The van der Waals surface area contributed by atoms with Crippen LogP contribution in [0.15, 0.2) is 24.4 Å². The summed E-state index contributed by atoms with van der Waals surface area (Å²) >= 11 is 13.5. The molecule has 1 atom stereocenters. The predicted molar refractivity (Wildman–Crippen MR) is 105 cm³/mol. The second-order valence-corrected chi connectivity index (χ2v) is 9.19. The Balaban J connectivity index is 1.62. The van der Waals surface area contributed by atoms with Crippen molar-refractivity contribution in [2.45, 2.75) is 18.3 Å². The molecule has 1 unspecified atom stereocenters. The first-order chi connectivity index (χ1) is 12.9. The molecule has 1 spiro atoms. The average Bonchev–Trinajstić information content (AvgIpc) is 3.27. The van der Waals surface area contributed by atoms with Gasteiger partial charge in [0.25, 0.3) is 0 Å². The summed E-state index contributed by atoms with van der Waals surface area (Å²) in [6.07, 6.45) is 2.53. The SMILES string of the molecule is O=C(O)CN1CCC2(C1)CN(C(=O)Cc1ncc(Cl)s1)c1ccc(Cl)cc12. The van der Waals surface area contributed by atoms with Crippen molar-refractivity contribution in [1.29, 1.82) is 0 Å². The van der Waals surface area contributed by atoms with Crippen LogP contribution in [0.25, 0.3) is 0 Å². The third-order valence-corrected chi connectivity index (χ3v) is 6.55. The van der Waals surface area contributed by atoms with Crippen LogP contribution in [0.5, 0.6) is 0 Å². The lowest BCUT2D eigenvalue weighted by molar-refractivity contribution is -0.138. The van der Waals surface area contributed by atoms with Gasteiger partial charge in [-0.2, -0.15) is 0 Å². The summed E-state index contributed by atoms with van der Waals surface area (Å²) in [4.78, 5) is 31.9. The second kappa shape index (κ2) is 7.05. The van der Waals surface area contributed by atoms with Crippen molar-refractivity contribution in [2.24, 2.45) is 0 Å². The first kappa shape index (κ1) is 18.7. The lowest BCUT2D eigenvalue weighted by Gasteiger charge is -2.25. The summed E-state index contributed by atoms with van der Waals surface area (Å²) in [5, 5.41) is 10.4. The number of benzene rings is 1. The van der Waals surface area contributed by atoms with Gasteiger partial charge in [-0.3, -0.25) is 14.5 Å². The smallest absolute Gasteiger partial charge is 0.317 e. The molecular formula is C18H17Cl2N3O3S. The highest BCUT2D eigenvalue weighted by Crippen LogP contribution is 2.47. The topological polar surface area (TPSA) is 73.7 Å².